The highest BCUT2D eigenvalue weighted by molar-refractivity contribution is 5.94. The molecule has 1 aromatic heterocycles. The van der Waals surface area contributed by atoms with Gasteiger partial charge in [0.1, 0.15) is 6.10 Å². The second-order valence-electron chi connectivity index (χ2n) is 8.17. The van der Waals surface area contributed by atoms with Crippen molar-refractivity contribution in [2.45, 2.75) is 33.0 Å². The summed E-state index contributed by atoms with van der Waals surface area (Å²) >= 11 is 0. The summed E-state index contributed by atoms with van der Waals surface area (Å²) in [6.07, 6.45) is -0.511. The van der Waals surface area contributed by atoms with Crippen molar-refractivity contribution in [3.05, 3.63) is 60.2 Å². The normalized spacial score (nSPS) is 17.2. The lowest BCUT2D eigenvalue weighted by atomic mass is 10.2. The average Bonchev–Trinajstić information content (AvgIpc) is 3.17. The van der Waals surface area contributed by atoms with Crippen LogP contribution < -0.4 is 5.32 Å². The van der Waals surface area contributed by atoms with Crippen LogP contribution >= 0.6 is 0 Å². The maximum absolute atomic E-state index is 13.1. The molecule has 1 saturated heterocycles. The fourth-order valence-corrected chi connectivity index (χ4v) is 4.22. The number of fused-ring (bicyclic) bond motifs is 1. The van der Waals surface area contributed by atoms with Crippen LogP contribution in [0.15, 0.2) is 54.6 Å². The van der Waals surface area contributed by atoms with Crippen LogP contribution in [0.2, 0.25) is 0 Å². The Balaban J connectivity index is 1.46. The summed E-state index contributed by atoms with van der Waals surface area (Å²) in [5, 5.41) is 3.06. The summed E-state index contributed by atoms with van der Waals surface area (Å²) in [6, 6.07) is 18.4. The SMILES string of the molecule is CCN(CC)CCn1c(NC(=O)C2CN(Cc3ccccc3)CCO2)nc2ccccc21. The highest BCUT2D eigenvalue weighted by Crippen LogP contribution is 2.20. The van der Waals surface area contributed by atoms with E-state index in [-0.39, 0.29) is 5.91 Å². The zero-order valence-corrected chi connectivity index (χ0v) is 19.0. The number of amides is 1. The third-order valence-corrected chi connectivity index (χ3v) is 6.12. The Bertz CT molecular complexity index is 1020. The van der Waals surface area contributed by atoms with Crippen molar-refractivity contribution in [1.82, 2.24) is 19.4 Å². The highest BCUT2D eigenvalue weighted by atomic mass is 16.5. The van der Waals surface area contributed by atoms with Gasteiger partial charge in [-0.1, -0.05) is 56.3 Å². The van der Waals surface area contributed by atoms with Crippen LogP contribution in [0, 0.1) is 0 Å². The predicted molar refractivity (Wildman–Crippen MR) is 128 cm³/mol. The molecule has 0 aliphatic carbocycles. The molecule has 1 aliphatic rings. The molecule has 2 heterocycles. The molecule has 4 rings (SSSR count). The van der Waals surface area contributed by atoms with E-state index in [0.29, 0.717) is 19.1 Å². The monoisotopic (exact) mass is 435 g/mol. The summed E-state index contributed by atoms with van der Waals surface area (Å²) in [4.78, 5) is 22.5. The van der Waals surface area contributed by atoms with E-state index in [9.17, 15) is 4.79 Å². The number of imidazole rings is 1. The number of rotatable bonds is 9. The first-order valence-electron chi connectivity index (χ1n) is 11.5. The number of carbonyl (C=O) groups excluding carboxylic acids is 1. The van der Waals surface area contributed by atoms with Gasteiger partial charge in [0.2, 0.25) is 5.95 Å². The van der Waals surface area contributed by atoms with Crippen molar-refractivity contribution in [3.63, 3.8) is 0 Å². The predicted octanol–water partition coefficient (Wildman–Crippen LogP) is 3.22. The van der Waals surface area contributed by atoms with Gasteiger partial charge in [-0.05, 0) is 30.8 Å². The summed E-state index contributed by atoms with van der Waals surface area (Å²) in [5.41, 5.74) is 3.16. The van der Waals surface area contributed by atoms with E-state index < -0.39 is 6.10 Å². The van der Waals surface area contributed by atoms with E-state index in [2.05, 4.69) is 51.7 Å². The van der Waals surface area contributed by atoms with Gasteiger partial charge in [0.15, 0.2) is 0 Å². The molecule has 7 heteroatoms. The first-order chi connectivity index (χ1) is 15.7. The van der Waals surface area contributed by atoms with Crippen LogP contribution in [-0.4, -0.2) is 70.7 Å². The summed E-state index contributed by atoms with van der Waals surface area (Å²) in [7, 11) is 0. The molecule has 1 N–H and O–H groups in total. The minimum atomic E-state index is -0.511. The first-order valence-corrected chi connectivity index (χ1v) is 11.5. The Kier molecular flexibility index (Phi) is 7.52. The van der Waals surface area contributed by atoms with Gasteiger partial charge in [-0.15, -0.1) is 0 Å². The molecule has 1 fully saturated rings. The summed E-state index contributed by atoms with van der Waals surface area (Å²) in [6.45, 7) is 10.8. The van der Waals surface area contributed by atoms with E-state index in [1.807, 2.05) is 36.4 Å². The van der Waals surface area contributed by atoms with E-state index in [4.69, 9.17) is 9.72 Å². The van der Waals surface area contributed by atoms with Gasteiger partial charge in [0.25, 0.3) is 5.91 Å². The number of nitrogens with one attached hydrogen (secondary N) is 1. The van der Waals surface area contributed by atoms with E-state index in [1.165, 1.54) is 5.56 Å². The molecule has 1 unspecified atom stereocenters. The lowest BCUT2D eigenvalue weighted by Gasteiger charge is -2.32. The van der Waals surface area contributed by atoms with E-state index >= 15 is 0 Å². The molecule has 1 amide bonds. The lowest BCUT2D eigenvalue weighted by Crippen LogP contribution is -2.47. The molecule has 0 saturated carbocycles. The van der Waals surface area contributed by atoms with Gasteiger partial charge < -0.3 is 14.2 Å². The van der Waals surface area contributed by atoms with Crippen LogP contribution in [-0.2, 0) is 22.6 Å². The van der Waals surface area contributed by atoms with Crippen molar-refractivity contribution >= 4 is 22.9 Å². The number of ether oxygens (including phenoxy) is 1. The molecule has 1 atom stereocenters. The number of morpholine rings is 1. The van der Waals surface area contributed by atoms with Gasteiger partial charge in [-0.25, -0.2) is 4.98 Å². The third kappa shape index (κ3) is 5.35. The third-order valence-electron chi connectivity index (χ3n) is 6.12. The quantitative estimate of drug-likeness (QED) is 0.559. The van der Waals surface area contributed by atoms with Crippen molar-refractivity contribution in [2.24, 2.45) is 0 Å². The number of anilines is 1. The fraction of sp³-hybridized carbons (Fsp3) is 0.440. The van der Waals surface area contributed by atoms with Crippen molar-refractivity contribution < 1.29 is 9.53 Å². The first kappa shape index (κ1) is 22.5. The number of hydrogen-bond donors (Lipinski definition) is 1. The van der Waals surface area contributed by atoms with Crippen molar-refractivity contribution in [1.29, 1.82) is 0 Å². The minimum absolute atomic E-state index is 0.137. The number of hydrogen-bond acceptors (Lipinski definition) is 5. The van der Waals surface area contributed by atoms with Gasteiger partial charge >= 0.3 is 0 Å². The van der Waals surface area contributed by atoms with Crippen LogP contribution in [0.25, 0.3) is 11.0 Å². The van der Waals surface area contributed by atoms with Crippen LogP contribution in [0.4, 0.5) is 5.95 Å². The Labute approximate surface area is 190 Å². The Morgan fingerprint density at radius 2 is 1.88 bits per heavy atom. The number of nitrogens with zero attached hydrogens (tertiary/aromatic N) is 4. The number of likely N-dealkylation sites (N-methyl/N-ethyl adjacent to an activating group) is 1. The number of para-hydroxylation sites is 2. The van der Waals surface area contributed by atoms with Crippen molar-refractivity contribution in [3.8, 4) is 0 Å². The molecule has 7 nitrogen and oxygen atoms in total. The zero-order chi connectivity index (χ0) is 22.3. The van der Waals surface area contributed by atoms with Gasteiger partial charge in [-0.3, -0.25) is 15.0 Å². The molecular weight excluding hydrogens is 402 g/mol. The Morgan fingerprint density at radius 3 is 2.66 bits per heavy atom. The maximum Gasteiger partial charge on any atom is 0.257 e. The smallest absolute Gasteiger partial charge is 0.257 e. The zero-order valence-electron chi connectivity index (χ0n) is 19.0. The molecule has 170 valence electrons. The standard InChI is InChI=1S/C25H33N5O2/c1-3-28(4-2)14-15-30-22-13-9-8-12-21(22)26-25(30)27-24(31)23-19-29(16-17-32-23)18-20-10-6-5-7-11-20/h5-13,23H,3-4,14-19H2,1-2H3,(H,26,27,31). The highest BCUT2D eigenvalue weighted by Gasteiger charge is 2.28. The van der Waals surface area contributed by atoms with Crippen LogP contribution in [0.1, 0.15) is 19.4 Å². The molecule has 1 aliphatic heterocycles. The second-order valence-corrected chi connectivity index (χ2v) is 8.17. The molecule has 0 bridgehead atoms. The molecule has 32 heavy (non-hydrogen) atoms. The summed E-state index contributed by atoms with van der Waals surface area (Å²) < 4.78 is 7.94. The van der Waals surface area contributed by atoms with Crippen LogP contribution in [0.5, 0.6) is 0 Å². The molecular formula is C25H33N5O2. The summed E-state index contributed by atoms with van der Waals surface area (Å²) in [5.74, 6) is 0.453. The maximum atomic E-state index is 13.1. The molecule has 2 aromatic carbocycles. The minimum Gasteiger partial charge on any atom is -0.366 e. The fourth-order valence-electron chi connectivity index (χ4n) is 4.22. The molecule has 0 radical (unpaired) electrons. The molecule has 3 aromatic rings. The number of carbonyl (C=O) groups is 1. The van der Waals surface area contributed by atoms with E-state index in [0.717, 1.165) is 50.3 Å². The van der Waals surface area contributed by atoms with Gasteiger partial charge in [0, 0.05) is 32.7 Å². The topological polar surface area (TPSA) is 62.6 Å². The number of aromatic nitrogens is 2. The van der Waals surface area contributed by atoms with Crippen LogP contribution in [0.3, 0.4) is 0 Å². The largest absolute Gasteiger partial charge is 0.366 e. The Morgan fingerprint density at radius 1 is 1.12 bits per heavy atom. The lowest BCUT2D eigenvalue weighted by molar-refractivity contribution is -0.133. The van der Waals surface area contributed by atoms with E-state index in [1.54, 1.807) is 0 Å². The Hall–Kier alpha value is -2.74. The van der Waals surface area contributed by atoms with Gasteiger partial charge in [-0.2, -0.15) is 0 Å². The van der Waals surface area contributed by atoms with Gasteiger partial charge in [0.05, 0.1) is 17.6 Å². The molecule has 0 spiro atoms. The number of benzene rings is 2. The van der Waals surface area contributed by atoms with Crippen molar-refractivity contribution in [2.75, 3.05) is 44.6 Å². The second kappa shape index (κ2) is 10.7. The average molecular weight is 436 g/mol.